The van der Waals surface area contributed by atoms with Crippen molar-refractivity contribution in [1.29, 1.82) is 0 Å². The van der Waals surface area contributed by atoms with Gasteiger partial charge in [-0.15, -0.1) is 22.7 Å². The summed E-state index contributed by atoms with van der Waals surface area (Å²) in [4.78, 5) is 30.6. The molecule has 0 spiro atoms. The van der Waals surface area contributed by atoms with Crippen LogP contribution in [0, 0.1) is 0 Å². The van der Waals surface area contributed by atoms with E-state index in [1.165, 1.54) is 33.8 Å². The third-order valence-electron chi connectivity index (χ3n) is 9.28. The Kier molecular flexibility index (Phi) is 15.4. The van der Waals surface area contributed by atoms with E-state index in [-0.39, 0.29) is 53.5 Å². The highest BCUT2D eigenvalue weighted by molar-refractivity contribution is 7.91. The van der Waals surface area contributed by atoms with E-state index < -0.39 is 19.7 Å². The van der Waals surface area contributed by atoms with Crippen molar-refractivity contribution >= 4 is 54.2 Å². The molecule has 13 heteroatoms. The molecule has 9 nitrogen and oxygen atoms in total. The van der Waals surface area contributed by atoms with Crippen molar-refractivity contribution in [3.05, 3.63) is 116 Å². The Bertz CT molecular complexity index is 1810. The number of thiophene rings is 2. The molecule has 2 aromatic heterocycles. The summed E-state index contributed by atoms with van der Waals surface area (Å²) in [5.74, 6) is 1.21. The molecule has 6 rings (SSSR count). The minimum absolute atomic E-state index is 0.0637. The summed E-state index contributed by atoms with van der Waals surface area (Å²) in [6, 6.07) is 23.3. The van der Waals surface area contributed by atoms with E-state index in [9.17, 15) is 26.4 Å². The zero-order valence-electron chi connectivity index (χ0n) is 31.2. The van der Waals surface area contributed by atoms with Crippen LogP contribution in [0.3, 0.4) is 0 Å². The van der Waals surface area contributed by atoms with Crippen LogP contribution in [0.1, 0.15) is 101 Å². The number of rotatable bonds is 10. The van der Waals surface area contributed by atoms with Gasteiger partial charge in [0, 0.05) is 31.8 Å². The van der Waals surface area contributed by atoms with Crippen LogP contribution < -0.4 is 0 Å². The summed E-state index contributed by atoms with van der Waals surface area (Å²) in [5.41, 5.74) is 4.56. The van der Waals surface area contributed by atoms with Gasteiger partial charge in [-0.05, 0) is 76.7 Å². The third kappa shape index (κ3) is 12.3. The van der Waals surface area contributed by atoms with Gasteiger partial charge < -0.3 is 14.9 Å². The lowest BCUT2D eigenvalue weighted by Crippen LogP contribution is -2.40. The normalized spacial score (nSPS) is 18.5. The van der Waals surface area contributed by atoms with Crippen LogP contribution in [-0.4, -0.2) is 85.3 Å². The fourth-order valence-electron chi connectivity index (χ4n) is 6.27. The Balaban J connectivity index is 0.000000220. The molecule has 0 radical (unpaired) electrons. The highest BCUT2D eigenvalue weighted by atomic mass is 32.2. The Morgan fingerprint density at radius 2 is 1.00 bits per heavy atom. The SMILES string of the molecule is CC(C)c1ccc(CN(C(=O)c2cccs2)C2CCS(=O)(=O)C2)cc1.CC(C)c1ccc(CN(C(=O)c2cccs2)C2CCS(=O)(=O)C2)cc1.CCO. The predicted octanol–water partition coefficient (Wildman–Crippen LogP) is 7.40. The summed E-state index contributed by atoms with van der Waals surface area (Å²) in [6.45, 7) is 11.4. The molecule has 2 saturated heterocycles. The number of carbonyl (C=O) groups is 2. The first-order chi connectivity index (χ1) is 25.1. The van der Waals surface area contributed by atoms with Crippen molar-refractivity contribution < 1.29 is 31.5 Å². The monoisotopic (exact) mass is 800 g/mol. The summed E-state index contributed by atoms with van der Waals surface area (Å²) in [5, 5.41) is 11.3. The van der Waals surface area contributed by atoms with Gasteiger partial charge in [0.2, 0.25) is 0 Å². The summed E-state index contributed by atoms with van der Waals surface area (Å²) >= 11 is 2.79. The van der Waals surface area contributed by atoms with E-state index >= 15 is 0 Å². The fraction of sp³-hybridized carbons (Fsp3) is 0.450. The number of carbonyl (C=O) groups excluding carboxylic acids is 2. The molecule has 2 aliphatic rings. The number of nitrogens with zero attached hydrogens (tertiary/aromatic N) is 2. The maximum Gasteiger partial charge on any atom is 0.264 e. The van der Waals surface area contributed by atoms with Crippen LogP contribution in [0.25, 0.3) is 0 Å². The van der Waals surface area contributed by atoms with Gasteiger partial charge >= 0.3 is 0 Å². The van der Waals surface area contributed by atoms with Crippen molar-refractivity contribution in [1.82, 2.24) is 9.80 Å². The average Bonchev–Trinajstić information content (AvgIpc) is 3.95. The maximum atomic E-state index is 12.9. The second-order valence-electron chi connectivity index (χ2n) is 14.0. The molecule has 53 heavy (non-hydrogen) atoms. The van der Waals surface area contributed by atoms with Gasteiger partial charge in [0.25, 0.3) is 11.8 Å². The quantitative estimate of drug-likeness (QED) is 0.177. The van der Waals surface area contributed by atoms with Gasteiger partial charge in [-0.25, -0.2) is 16.8 Å². The van der Waals surface area contributed by atoms with Crippen molar-refractivity contribution in [2.75, 3.05) is 29.6 Å². The predicted molar refractivity (Wildman–Crippen MR) is 216 cm³/mol. The average molecular weight is 801 g/mol. The van der Waals surface area contributed by atoms with Gasteiger partial charge in [-0.3, -0.25) is 9.59 Å². The molecule has 2 atom stereocenters. The zero-order chi connectivity index (χ0) is 38.8. The topological polar surface area (TPSA) is 129 Å². The van der Waals surface area contributed by atoms with Gasteiger partial charge in [0.15, 0.2) is 19.7 Å². The molecule has 4 heterocycles. The summed E-state index contributed by atoms with van der Waals surface area (Å²) in [7, 11) is -6.09. The fourth-order valence-corrected chi connectivity index (χ4v) is 11.1. The van der Waals surface area contributed by atoms with Crippen LogP contribution in [0.5, 0.6) is 0 Å². The highest BCUT2D eigenvalue weighted by Crippen LogP contribution is 2.26. The molecular weight excluding hydrogens is 749 g/mol. The van der Waals surface area contributed by atoms with Crippen molar-refractivity contribution in [2.45, 2.75) is 84.5 Å². The molecular formula is C40H52N2O7S4. The molecule has 0 bridgehead atoms. The first-order valence-corrected chi connectivity index (χ1v) is 23.4. The molecule has 4 aromatic rings. The van der Waals surface area contributed by atoms with Gasteiger partial charge in [0.1, 0.15) is 0 Å². The van der Waals surface area contributed by atoms with Crippen LogP contribution in [0.2, 0.25) is 0 Å². The second-order valence-corrected chi connectivity index (χ2v) is 20.4. The Labute approximate surface area is 323 Å². The number of hydrogen-bond donors (Lipinski definition) is 1. The van der Waals surface area contributed by atoms with Crippen LogP contribution in [0.15, 0.2) is 83.6 Å². The van der Waals surface area contributed by atoms with Gasteiger partial charge in [-0.2, -0.15) is 0 Å². The molecule has 2 amide bonds. The number of amides is 2. The molecule has 288 valence electrons. The molecule has 2 aromatic carbocycles. The number of aliphatic hydroxyl groups is 1. The largest absolute Gasteiger partial charge is 0.397 e. The molecule has 0 aliphatic carbocycles. The molecule has 2 fully saturated rings. The maximum absolute atomic E-state index is 12.9. The first kappa shape index (κ1) is 42.4. The van der Waals surface area contributed by atoms with Crippen LogP contribution in [0.4, 0.5) is 0 Å². The van der Waals surface area contributed by atoms with E-state index in [1.807, 2.05) is 47.2 Å². The van der Waals surface area contributed by atoms with E-state index in [2.05, 4.69) is 52.0 Å². The Morgan fingerprint density at radius 1 is 0.660 bits per heavy atom. The standard InChI is InChI=1S/2C19H23NO3S2.C2H6O/c2*1-14(2)16-7-5-15(6-8-16)12-20(17-9-11-25(22,23)13-17)19(21)18-4-3-10-24-18;1-2-3/h2*3-8,10,14,17H,9,11-13H2,1-2H3;3H,2H2,1H3. The molecule has 1 N–H and O–H groups in total. The lowest BCUT2D eigenvalue weighted by molar-refractivity contribution is 0.0678. The molecule has 0 saturated carbocycles. The van der Waals surface area contributed by atoms with Gasteiger partial charge in [0.05, 0.1) is 32.8 Å². The third-order valence-corrected chi connectivity index (χ3v) is 14.5. The van der Waals surface area contributed by atoms with E-state index in [0.29, 0.717) is 47.5 Å². The Morgan fingerprint density at radius 3 is 1.25 bits per heavy atom. The van der Waals surface area contributed by atoms with Crippen LogP contribution >= 0.6 is 22.7 Å². The Hall–Kier alpha value is -3.36. The lowest BCUT2D eigenvalue weighted by Gasteiger charge is -2.28. The molecule has 2 unspecified atom stereocenters. The van der Waals surface area contributed by atoms with Gasteiger partial charge in [-0.1, -0.05) is 88.4 Å². The van der Waals surface area contributed by atoms with E-state index in [0.717, 1.165) is 11.1 Å². The number of sulfone groups is 2. The van der Waals surface area contributed by atoms with Crippen LogP contribution in [-0.2, 0) is 32.8 Å². The minimum atomic E-state index is -3.04. The number of benzene rings is 2. The van der Waals surface area contributed by atoms with Crippen molar-refractivity contribution in [3.63, 3.8) is 0 Å². The van der Waals surface area contributed by atoms with E-state index in [4.69, 9.17) is 5.11 Å². The minimum Gasteiger partial charge on any atom is -0.397 e. The highest BCUT2D eigenvalue weighted by Gasteiger charge is 2.36. The van der Waals surface area contributed by atoms with Crippen molar-refractivity contribution in [2.24, 2.45) is 0 Å². The lowest BCUT2D eigenvalue weighted by atomic mass is 10.0. The number of hydrogen-bond acceptors (Lipinski definition) is 9. The molecule has 2 aliphatic heterocycles. The summed E-state index contributed by atoms with van der Waals surface area (Å²) < 4.78 is 47.6. The van der Waals surface area contributed by atoms with Crippen molar-refractivity contribution in [3.8, 4) is 0 Å². The smallest absolute Gasteiger partial charge is 0.264 e. The zero-order valence-corrected chi connectivity index (χ0v) is 34.4. The summed E-state index contributed by atoms with van der Waals surface area (Å²) in [6.07, 6.45) is 1.03. The van der Waals surface area contributed by atoms with E-state index in [1.54, 1.807) is 28.9 Å². The second kappa shape index (κ2) is 19.3. The number of aliphatic hydroxyl groups excluding tert-OH is 1. The first-order valence-electron chi connectivity index (χ1n) is 18.0.